The van der Waals surface area contributed by atoms with Gasteiger partial charge in [0.25, 0.3) is 0 Å². The van der Waals surface area contributed by atoms with E-state index in [2.05, 4.69) is 17.2 Å². The summed E-state index contributed by atoms with van der Waals surface area (Å²) in [5.41, 5.74) is 0.353. The minimum Gasteiger partial charge on any atom is -0.465 e. The van der Waals surface area contributed by atoms with Crippen LogP contribution in [0.3, 0.4) is 0 Å². The number of alkyl carbamates (subject to hydrolysis) is 1. The highest BCUT2D eigenvalue weighted by atomic mass is 35.5. The number of ether oxygens (including phenoxy) is 2. The first-order valence-corrected chi connectivity index (χ1v) is 8.96. The summed E-state index contributed by atoms with van der Waals surface area (Å²) in [6.45, 7) is 5.48. The van der Waals surface area contributed by atoms with Gasteiger partial charge in [0.05, 0.1) is 12.7 Å². The van der Waals surface area contributed by atoms with E-state index in [1.807, 2.05) is 20.8 Å². The summed E-state index contributed by atoms with van der Waals surface area (Å²) < 4.78 is 10.1. The summed E-state index contributed by atoms with van der Waals surface area (Å²) in [4.78, 5) is 23.9. The van der Waals surface area contributed by atoms with Crippen molar-refractivity contribution in [2.45, 2.75) is 51.7 Å². The molecule has 0 spiro atoms. The largest absolute Gasteiger partial charge is 0.465 e. The number of carbonyl (C=O) groups excluding carboxylic acids is 2. The molecule has 1 aromatic carbocycles. The molecule has 0 aromatic heterocycles. The van der Waals surface area contributed by atoms with Crippen LogP contribution in [-0.4, -0.2) is 30.8 Å². The zero-order valence-corrected chi connectivity index (χ0v) is 16.3. The Balaban J connectivity index is 2.15. The Bertz CT molecular complexity index is 742. The predicted octanol–water partition coefficient (Wildman–Crippen LogP) is 4.17. The molecule has 1 fully saturated rings. The monoisotopic (exact) mass is 377 g/mol. The first kappa shape index (κ1) is 20.1. The zero-order valence-electron chi connectivity index (χ0n) is 15.5. The fourth-order valence-electron chi connectivity index (χ4n) is 2.84. The molecule has 1 aromatic rings. The number of esters is 1. The highest BCUT2D eigenvalue weighted by Crippen LogP contribution is 2.26. The molecule has 2 atom stereocenters. The van der Waals surface area contributed by atoms with E-state index in [9.17, 15) is 9.59 Å². The molecule has 140 valence electrons. The molecule has 0 aliphatic heterocycles. The Morgan fingerprint density at radius 1 is 1.27 bits per heavy atom. The second kappa shape index (κ2) is 8.46. The van der Waals surface area contributed by atoms with Crippen molar-refractivity contribution in [2.24, 2.45) is 5.92 Å². The Kier molecular flexibility index (Phi) is 6.55. The van der Waals surface area contributed by atoms with Crippen molar-refractivity contribution >= 4 is 23.7 Å². The van der Waals surface area contributed by atoms with Crippen LogP contribution in [-0.2, 0) is 9.47 Å². The van der Waals surface area contributed by atoms with E-state index in [0.29, 0.717) is 16.1 Å². The van der Waals surface area contributed by atoms with Crippen LogP contribution < -0.4 is 5.32 Å². The van der Waals surface area contributed by atoms with Gasteiger partial charge in [-0.1, -0.05) is 29.9 Å². The fourth-order valence-corrected chi connectivity index (χ4v) is 3.01. The first-order valence-electron chi connectivity index (χ1n) is 8.58. The smallest absolute Gasteiger partial charge is 0.407 e. The van der Waals surface area contributed by atoms with E-state index in [0.717, 1.165) is 19.3 Å². The molecule has 1 aliphatic carbocycles. The van der Waals surface area contributed by atoms with Crippen molar-refractivity contribution in [1.82, 2.24) is 5.32 Å². The Labute approximate surface area is 159 Å². The number of rotatable bonds is 2. The maximum absolute atomic E-state index is 12.0. The Morgan fingerprint density at radius 2 is 2.00 bits per heavy atom. The molecule has 0 radical (unpaired) electrons. The lowest BCUT2D eigenvalue weighted by atomic mass is 10.0. The standard InChI is InChI=1S/C20H24ClNO4/c1-20(2,3)26-19(24)22-17-7-5-6-13(17)8-9-14-12-15(21)10-11-16(14)18(23)25-4/h10-13,17H,5-7H2,1-4H3,(H,22,24)/t13-,17+/m1/s1. The molecule has 1 saturated carbocycles. The number of carbonyl (C=O) groups is 2. The van der Waals surface area contributed by atoms with Gasteiger partial charge in [0, 0.05) is 22.5 Å². The maximum Gasteiger partial charge on any atom is 0.407 e. The van der Waals surface area contributed by atoms with Crippen LogP contribution in [0.5, 0.6) is 0 Å². The van der Waals surface area contributed by atoms with E-state index in [4.69, 9.17) is 21.1 Å². The summed E-state index contributed by atoms with van der Waals surface area (Å²) in [7, 11) is 1.33. The highest BCUT2D eigenvalue weighted by molar-refractivity contribution is 6.30. The minimum atomic E-state index is -0.542. The molecule has 2 rings (SSSR count). The number of halogens is 1. The van der Waals surface area contributed by atoms with Crippen LogP contribution in [0.4, 0.5) is 4.79 Å². The molecule has 1 N–H and O–H groups in total. The number of nitrogens with one attached hydrogen (secondary N) is 1. The van der Waals surface area contributed by atoms with Gasteiger partial charge in [-0.05, 0) is 51.8 Å². The first-order chi connectivity index (χ1) is 12.2. The van der Waals surface area contributed by atoms with E-state index >= 15 is 0 Å². The average molecular weight is 378 g/mol. The summed E-state index contributed by atoms with van der Waals surface area (Å²) in [5, 5.41) is 3.40. The Morgan fingerprint density at radius 3 is 2.65 bits per heavy atom. The summed E-state index contributed by atoms with van der Waals surface area (Å²) in [6, 6.07) is 4.80. The van der Waals surface area contributed by atoms with Gasteiger partial charge >= 0.3 is 12.1 Å². The maximum atomic E-state index is 12.0. The van der Waals surface area contributed by atoms with Gasteiger partial charge in [0.1, 0.15) is 5.60 Å². The summed E-state index contributed by atoms with van der Waals surface area (Å²) in [6.07, 6.45) is 2.26. The van der Waals surface area contributed by atoms with Crippen molar-refractivity contribution < 1.29 is 19.1 Å². The van der Waals surface area contributed by atoms with E-state index < -0.39 is 17.7 Å². The molecule has 0 saturated heterocycles. The minimum absolute atomic E-state index is 0.00741. The van der Waals surface area contributed by atoms with Crippen LogP contribution in [0.1, 0.15) is 56.0 Å². The molecule has 0 bridgehead atoms. The summed E-state index contributed by atoms with van der Waals surface area (Å²) in [5.74, 6) is 5.75. The second-order valence-electron chi connectivity index (χ2n) is 7.24. The third-order valence-corrected chi connectivity index (χ3v) is 4.23. The van der Waals surface area contributed by atoms with Crippen molar-refractivity contribution in [3.63, 3.8) is 0 Å². The van der Waals surface area contributed by atoms with Gasteiger partial charge in [-0.25, -0.2) is 9.59 Å². The van der Waals surface area contributed by atoms with Crippen molar-refractivity contribution in [3.8, 4) is 11.8 Å². The summed E-state index contributed by atoms with van der Waals surface area (Å²) >= 11 is 6.03. The average Bonchev–Trinajstić information content (AvgIpc) is 2.97. The molecule has 0 unspecified atom stereocenters. The van der Waals surface area contributed by atoms with E-state index in [1.54, 1.807) is 18.2 Å². The predicted molar refractivity (Wildman–Crippen MR) is 100 cm³/mol. The third kappa shape index (κ3) is 5.67. The molecule has 1 amide bonds. The Hall–Kier alpha value is -2.19. The van der Waals surface area contributed by atoms with Crippen molar-refractivity contribution in [3.05, 3.63) is 34.3 Å². The molecular formula is C20H24ClNO4. The van der Waals surface area contributed by atoms with Gasteiger partial charge in [-0.15, -0.1) is 0 Å². The lowest BCUT2D eigenvalue weighted by Crippen LogP contribution is -2.40. The molecular weight excluding hydrogens is 354 g/mol. The van der Waals surface area contributed by atoms with Gasteiger partial charge in [0.15, 0.2) is 0 Å². The van der Waals surface area contributed by atoms with Gasteiger partial charge in [-0.3, -0.25) is 0 Å². The third-order valence-electron chi connectivity index (χ3n) is 4.00. The molecule has 26 heavy (non-hydrogen) atoms. The van der Waals surface area contributed by atoms with E-state index in [-0.39, 0.29) is 12.0 Å². The van der Waals surface area contributed by atoms with Crippen molar-refractivity contribution in [1.29, 1.82) is 0 Å². The molecule has 0 heterocycles. The van der Waals surface area contributed by atoms with Crippen LogP contribution in [0.15, 0.2) is 18.2 Å². The van der Waals surface area contributed by atoms with Gasteiger partial charge in [-0.2, -0.15) is 0 Å². The quantitative estimate of drug-likeness (QED) is 0.620. The normalized spacial score (nSPS) is 19.3. The lowest BCUT2D eigenvalue weighted by molar-refractivity contribution is 0.0498. The molecule has 5 nitrogen and oxygen atoms in total. The van der Waals surface area contributed by atoms with E-state index in [1.165, 1.54) is 7.11 Å². The number of methoxy groups -OCH3 is 1. The van der Waals surface area contributed by atoms with Gasteiger partial charge in [0.2, 0.25) is 0 Å². The number of amides is 1. The molecule has 6 heteroatoms. The van der Waals surface area contributed by atoms with Crippen LogP contribution >= 0.6 is 11.6 Å². The highest BCUT2D eigenvalue weighted by Gasteiger charge is 2.29. The number of benzene rings is 1. The topological polar surface area (TPSA) is 64.6 Å². The fraction of sp³-hybridized carbons (Fsp3) is 0.500. The number of hydrogen-bond donors (Lipinski definition) is 1. The number of hydrogen-bond acceptors (Lipinski definition) is 4. The van der Waals surface area contributed by atoms with Gasteiger partial charge < -0.3 is 14.8 Å². The van der Waals surface area contributed by atoms with Crippen LogP contribution in [0.2, 0.25) is 5.02 Å². The van der Waals surface area contributed by atoms with Crippen LogP contribution in [0.25, 0.3) is 0 Å². The lowest BCUT2D eigenvalue weighted by Gasteiger charge is -2.23. The molecule has 1 aliphatic rings. The van der Waals surface area contributed by atoms with Crippen LogP contribution in [0, 0.1) is 17.8 Å². The zero-order chi connectivity index (χ0) is 19.3. The second-order valence-corrected chi connectivity index (χ2v) is 7.68. The van der Waals surface area contributed by atoms with Crippen molar-refractivity contribution in [2.75, 3.05) is 7.11 Å². The SMILES string of the molecule is COC(=O)c1ccc(Cl)cc1C#C[C@H]1CCC[C@@H]1NC(=O)OC(C)(C)C.